The third kappa shape index (κ3) is 2.82. The zero-order chi connectivity index (χ0) is 18.4. The molecule has 1 N–H and O–H groups in total. The number of allylic oxidation sites excluding steroid dienone is 1. The number of aliphatic carboxylic acids is 1. The first-order valence-electron chi connectivity index (χ1n) is 9.76. The predicted molar refractivity (Wildman–Crippen MR) is 95.9 cm³/mol. The smallest absolute Gasteiger partial charge is 0.328 e. The number of ether oxygens (including phenoxy) is 1. The minimum Gasteiger partial charge on any atom is -0.478 e. The van der Waals surface area contributed by atoms with E-state index in [9.17, 15) is 9.59 Å². The molecule has 0 aliphatic heterocycles. The Morgan fingerprint density at radius 1 is 1.20 bits per heavy atom. The third-order valence-electron chi connectivity index (χ3n) is 8.06. The summed E-state index contributed by atoms with van der Waals surface area (Å²) in [6, 6.07) is 0. The van der Waals surface area contributed by atoms with Crippen molar-refractivity contribution in [3.63, 3.8) is 0 Å². The molecule has 3 rings (SSSR count). The first-order valence-corrected chi connectivity index (χ1v) is 9.76. The largest absolute Gasteiger partial charge is 0.478 e. The van der Waals surface area contributed by atoms with Crippen LogP contribution in [-0.2, 0) is 14.3 Å². The lowest BCUT2D eigenvalue weighted by Crippen LogP contribution is -2.56. The van der Waals surface area contributed by atoms with Gasteiger partial charge in [-0.25, -0.2) is 4.79 Å². The van der Waals surface area contributed by atoms with E-state index in [-0.39, 0.29) is 16.8 Å². The van der Waals surface area contributed by atoms with Crippen LogP contribution in [0.2, 0.25) is 0 Å². The van der Waals surface area contributed by atoms with Crippen LogP contribution in [0.3, 0.4) is 0 Å². The van der Waals surface area contributed by atoms with Gasteiger partial charge in [0.2, 0.25) is 0 Å². The van der Waals surface area contributed by atoms with Crippen molar-refractivity contribution >= 4 is 11.9 Å². The lowest BCUT2D eigenvalue weighted by atomic mass is 9.43. The van der Waals surface area contributed by atoms with Gasteiger partial charge in [-0.1, -0.05) is 25.8 Å². The van der Waals surface area contributed by atoms with Crippen LogP contribution in [0.1, 0.15) is 65.7 Å². The van der Waals surface area contributed by atoms with E-state index >= 15 is 0 Å². The van der Waals surface area contributed by atoms with Crippen LogP contribution in [0.5, 0.6) is 0 Å². The maximum atomic E-state index is 12.6. The van der Waals surface area contributed by atoms with Gasteiger partial charge in [-0.05, 0) is 74.5 Å². The summed E-state index contributed by atoms with van der Waals surface area (Å²) in [6.07, 6.45) is 8.70. The molecular formula is C21H32O4. The van der Waals surface area contributed by atoms with E-state index in [0.29, 0.717) is 23.7 Å². The fourth-order valence-corrected chi connectivity index (χ4v) is 6.86. The SMILES string of the molecule is COC(=O)[C@]1(C)CCC[C@@]2(C)[C@H]1CC[C@H]1C(C)/C(=C/C(=O)O)CC[C@@H]12. The Bertz CT molecular complexity index is 595. The van der Waals surface area contributed by atoms with Gasteiger partial charge in [0.05, 0.1) is 12.5 Å². The summed E-state index contributed by atoms with van der Waals surface area (Å²) in [5.41, 5.74) is 0.891. The monoisotopic (exact) mass is 348 g/mol. The minimum atomic E-state index is -0.823. The lowest BCUT2D eigenvalue weighted by Gasteiger charge is -2.61. The average Bonchev–Trinajstić information content (AvgIpc) is 2.56. The van der Waals surface area contributed by atoms with Crippen LogP contribution in [0, 0.1) is 34.5 Å². The number of carbonyl (C=O) groups is 2. The highest BCUT2D eigenvalue weighted by atomic mass is 16.5. The van der Waals surface area contributed by atoms with Crippen molar-refractivity contribution in [1.29, 1.82) is 0 Å². The molecule has 140 valence electrons. The Balaban J connectivity index is 1.91. The van der Waals surface area contributed by atoms with Crippen LogP contribution in [-0.4, -0.2) is 24.2 Å². The number of carbonyl (C=O) groups excluding carboxylic acids is 1. The molecule has 0 saturated heterocycles. The number of carboxylic acids is 1. The second-order valence-electron chi connectivity index (χ2n) is 9.05. The first kappa shape index (κ1) is 18.5. The third-order valence-corrected chi connectivity index (χ3v) is 8.06. The number of esters is 1. The van der Waals surface area contributed by atoms with Gasteiger partial charge >= 0.3 is 11.9 Å². The van der Waals surface area contributed by atoms with Crippen molar-refractivity contribution in [2.24, 2.45) is 34.5 Å². The summed E-state index contributed by atoms with van der Waals surface area (Å²) in [5.74, 6) is 0.962. The molecule has 0 radical (unpaired) electrons. The summed E-state index contributed by atoms with van der Waals surface area (Å²) in [5, 5.41) is 9.15. The molecule has 0 spiro atoms. The summed E-state index contributed by atoms with van der Waals surface area (Å²) >= 11 is 0. The van der Waals surface area contributed by atoms with Gasteiger partial charge in [0, 0.05) is 6.08 Å². The van der Waals surface area contributed by atoms with Crippen molar-refractivity contribution in [2.75, 3.05) is 7.11 Å². The van der Waals surface area contributed by atoms with E-state index in [1.54, 1.807) is 0 Å². The normalized spacial score (nSPS) is 45.4. The van der Waals surface area contributed by atoms with E-state index in [1.165, 1.54) is 19.6 Å². The van der Waals surface area contributed by atoms with Crippen LogP contribution in [0.25, 0.3) is 0 Å². The van der Waals surface area contributed by atoms with E-state index in [4.69, 9.17) is 9.84 Å². The molecule has 0 bridgehead atoms. The molecule has 0 aromatic heterocycles. The Labute approximate surface area is 151 Å². The standard InChI is InChI=1S/C21H32O4/c1-13-14(12-18(22)23)6-8-16-15(13)7-9-17-20(16,2)10-5-11-21(17,3)19(24)25-4/h12-13,15-17H,5-11H2,1-4H3,(H,22,23)/b14-12+/t13?,15-,16-,17+,20+,21+/m0/s1. The van der Waals surface area contributed by atoms with Crippen LogP contribution < -0.4 is 0 Å². The fourth-order valence-electron chi connectivity index (χ4n) is 6.86. The molecule has 4 heteroatoms. The molecule has 4 nitrogen and oxygen atoms in total. The van der Waals surface area contributed by atoms with Gasteiger partial charge in [0.25, 0.3) is 0 Å². The predicted octanol–water partition coefficient (Wildman–Crippen LogP) is 4.44. The molecule has 1 unspecified atom stereocenters. The van der Waals surface area contributed by atoms with E-state index in [1.807, 2.05) is 0 Å². The number of carboxylic acid groups (broad SMARTS) is 1. The summed E-state index contributed by atoms with van der Waals surface area (Å²) in [4.78, 5) is 23.7. The molecule has 3 aliphatic carbocycles. The fraction of sp³-hybridized carbons (Fsp3) is 0.810. The van der Waals surface area contributed by atoms with E-state index < -0.39 is 5.97 Å². The maximum absolute atomic E-state index is 12.6. The molecule has 0 aromatic rings. The first-order chi connectivity index (χ1) is 11.7. The molecular weight excluding hydrogens is 316 g/mol. The molecule has 25 heavy (non-hydrogen) atoms. The molecule has 0 heterocycles. The van der Waals surface area contributed by atoms with E-state index in [2.05, 4.69) is 20.8 Å². The highest BCUT2D eigenvalue weighted by Crippen LogP contribution is 2.65. The summed E-state index contributed by atoms with van der Waals surface area (Å²) < 4.78 is 5.19. The molecule has 6 atom stereocenters. The molecule has 0 aromatic carbocycles. The zero-order valence-corrected chi connectivity index (χ0v) is 16.0. The highest BCUT2D eigenvalue weighted by molar-refractivity contribution is 5.80. The quantitative estimate of drug-likeness (QED) is 0.592. The second-order valence-corrected chi connectivity index (χ2v) is 9.05. The topological polar surface area (TPSA) is 63.6 Å². The van der Waals surface area contributed by atoms with Gasteiger partial charge in [0.1, 0.15) is 0 Å². The van der Waals surface area contributed by atoms with Gasteiger partial charge < -0.3 is 9.84 Å². The van der Waals surface area contributed by atoms with E-state index in [0.717, 1.165) is 44.1 Å². The number of fused-ring (bicyclic) bond motifs is 3. The lowest BCUT2D eigenvalue weighted by molar-refractivity contribution is -0.175. The van der Waals surface area contributed by atoms with Gasteiger partial charge in [-0.2, -0.15) is 0 Å². The molecule has 3 fully saturated rings. The Morgan fingerprint density at radius 2 is 1.92 bits per heavy atom. The van der Waals surface area contributed by atoms with Crippen molar-refractivity contribution in [1.82, 2.24) is 0 Å². The number of hydrogen-bond donors (Lipinski definition) is 1. The number of rotatable bonds is 2. The Kier molecular flexibility index (Phi) is 4.76. The van der Waals surface area contributed by atoms with Crippen molar-refractivity contribution in [3.05, 3.63) is 11.6 Å². The number of methoxy groups -OCH3 is 1. The van der Waals surface area contributed by atoms with Crippen molar-refractivity contribution in [2.45, 2.75) is 65.7 Å². The minimum absolute atomic E-state index is 0.0443. The molecule has 3 aliphatic rings. The van der Waals surface area contributed by atoms with Crippen molar-refractivity contribution in [3.8, 4) is 0 Å². The van der Waals surface area contributed by atoms with Crippen LogP contribution in [0.15, 0.2) is 11.6 Å². The van der Waals surface area contributed by atoms with Crippen molar-refractivity contribution < 1.29 is 19.4 Å². The van der Waals surface area contributed by atoms with Gasteiger partial charge in [-0.15, -0.1) is 0 Å². The second kappa shape index (κ2) is 6.44. The highest BCUT2D eigenvalue weighted by Gasteiger charge is 2.60. The number of hydrogen-bond acceptors (Lipinski definition) is 3. The average molecular weight is 348 g/mol. The zero-order valence-electron chi connectivity index (χ0n) is 16.0. The van der Waals surface area contributed by atoms with Crippen LogP contribution >= 0.6 is 0 Å². The molecule has 0 amide bonds. The van der Waals surface area contributed by atoms with Gasteiger partial charge in [0.15, 0.2) is 0 Å². The Hall–Kier alpha value is -1.32. The molecule has 3 saturated carbocycles. The maximum Gasteiger partial charge on any atom is 0.328 e. The van der Waals surface area contributed by atoms with Crippen LogP contribution in [0.4, 0.5) is 0 Å². The Morgan fingerprint density at radius 3 is 2.56 bits per heavy atom. The van der Waals surface area contributed by atoms with Gasteiger partial charge in [-0.3, -0.25) is 4.79 Å². The summed E-state index contributed by atoms with van der Waals surface area (Å²) in [7, 11) is 1.51. The summed E-state index contributed by atoms with van der Waals surface area (Å²) in [6.45, 7) is 6.72.